The average Bonchev–Trinajstić information content (AvgIpc) is 2.80. The third kappa shape index (κ3) is 2.26. The van der Waals surface area contributed by atoms with E-state index in [4.69, 9.17) is 0 Å². The third-order valence-corrected chi connectivity index (χ3v) is 2.46. The van der Waals surface area contributed by atoms with Gasteiger partial charge in [-0.1, -0.05) is 0 Å². The van der Waals surface area contributed by atoms with Crippen molar-refractivity contribution in [2.75, 3.05) is 0 Å². The van der Waals surface area contributed by atoms with Crippen molar-refractivity contribution in [1.82, 2.24) is 0 Å². The largest absolute Gasteiger partial charge is 0.470 e. The predicted octanol–water partition coefficient (Wildman–Crippen LogP) is 2.45. The molecule has 0 amide bonds. The summed E-state index contributed by atoms with van der Waals surface area (Å²) in [5.41, 5.74) is 0. The van der Waals surface area contributed by atoms with Crippen molar-refractivity contribution in [3.8, 4) is 0 Å². The van der Waals surface area contributed by atoms with E-state index in [-0.39, 0.29) is 12.5 Å². The normalized spacial score (nSPS) is 21.2. The number of rotatable bonds is 4. The summed E-state index contributed by atoms with van der Waals surface area (Å²) in [6.07, 6.45) is -6.69. The fraction of sp³-hybridized carbons (Fsp3) is 0.625. The van der Waals surface area contributed by atoms with Gasteiger partial charge in [-0.25, -0.2) is 4.99 Å². The van der Waals surface area contributed by atoms with Crippen molar-refractivity contribution in [3.05, 3.63) is 12.4 Å². The average molecular weight is 337 g/mol. The van der Waals surface area contributed by atoms with E-state index in [0.717, 1.165) is 0 Å². The van der Waals surface area contributed by atoms with E-state index >= 15 is 0 Å². The second kappa shape index (κ2) is 4.55. The Kier molecular flexibility index (Phi) is 3.82. The Hall–Kier alpha value is -1.40. The number of hydrogen-bond donors (Lipinski definition) is 1. The van der Waals surface area contributed by atoms with Gasteiger partial charge in [0.15, 0.2) is 6.34 Å². The first-order chi connectivity index (χ1) is 9.11. The molecule has 1 atom stereocenters. The number of hydrogen-bond acceptors (Lipinski definition) is 1. The molecule has 1 rings (SSSR count). The van der Waals surface area contributed by atoms with Crippen molar-refractivity contribution < 1.29 is 53.2 Å². The summed E-state index contributed by atoms with van der Waals surface area (Å²) in [4.78, 5) is 0.901. The molecule has 122 valence electrons. The van der Waals surface area contributed by atoms with Gasteiger partial charge in [-0.05, 0) is 0 Å². The zero-order valence-electron chi connectivity index (χ0n) is 9.34. The standard InChI is InChI=1S/C8H3F11N2/c9-4(10,5(11,12)7(15,16)17)6(13,14)8(18,19)21-2-1-20-3-21/h1-3H/p+1. The second-order valence-corrected chi connectivity index (χ2v) is 3.84. The minimum absolute atomic E-state index is 0.0598. The van der Waals surface area contributed by atoms with Gasteiger partial charge in [-0.15, -0.1) is 8.78 Å². The van der Waals surface area contributed by atoms with E-state index < -0.39 is 34.9 Å². The lowest BCUT2D eigenvalue weighted by molar-refractivity contribution is -0.875. The molecule has 0 bridgehead atoms. The van der Waals surface area contributed by atoms with Gasteiger partial charge in [-0.2, -0.15) is 44.4 Å². The Morgan fingerprint density at radius 2 is 1.14 bits per heavy atom. The highest BCUT2D eigenvalue weighted by molar-refractivity contribution is 5.48. The van der Waals surface area contributed by atoms with Crippen molar-refractivity contribution in [2.24, 2.45) is 4.99 Å². The molecule has 1 unspecified atom stereocenters. The zero-order chi connectivity index (χ0) is 16.9. The van der Waals surface area contributed by atoms with Crippen LogP contribution in [0.3, 0.4) is 0 Å². The highest BCUT2D eigenvalue weighted by atomic mass is 19.4. The monoisotopic (exact) mass is 337 g/mol. The van der Waals surface area contributed by atoms with Crippen LogP contribution in [0.5, 0.6) is 0 Å². The molecule has 21 heavy (non-hydrogen) atoms. The first-order valence-corrected chi connectivity index (χ1v) is 4.76. The van der Waals surface area contributed by atoms with Gasteiger partial charge in [0.2, 0.25) is 0 Å². The SMILES string of the molecule is FC(F)(F)C(F)(F)C(F)(F)C(F)(F)C(F)(F)[NH+]1C=CN=C1. The van der Waals surface area contributed by atoms with Crippen LogP contribution in [-0.2, 0) is 0 Å². The van der Waals surface area contributed by atoms with Crippen LogP contribution in [0.4, 0.5) is 48.3 Å². The van der Waals surface area contributed by atoms with Crippen LogP contribution in [0, 0.1) is 0 Å². The second-order valence-electron chi connectivity index (χ2n) is 3.84. The topological polar surface area (TPSA) is 16.8 Å². The van der Waals surface area contributed by atoms with Gasteiger partial charge >= 0.3 is 30.0 Å². The molecule has 1 heterocycles. The van der Waals surface area contributed by atoms with Crippen LogP contribution in [0.1, 0.15) is 0 Å². The molecule has 0 saturated heterocycles. The molecule has 0 spiro atoms. The van der Waals surface area contributed by atoms with Gasteiger partial charge in [0.05, 0.1) is 6.20 Å². The lowest BCUT2D eigenvalue weighted by Crippen LogP contribution is -3.16. The van der Waals surface area contributed by atoms with Crippen LogP contribution in [-0.4, -0.2) is 36.3 Å². The molecule has 1 N–H and O–H groups in total. The van der Waals surface area contributed by atoms with E-state index in [1.54, 1.807) is 0 Å². The molecule has 1 aliphatic heterocycles. The van der Waals surface area contributed by atoms with Crippen LogP contribution < -0.4 is 4.90 Å². The predicted molar refractivity (Wildman–Crippen MR) is 44.4 cm³/mol. The molecule has 0 aromatic carbocycles. The molecule has 0 radical (unpaired) electrons. The summed E-state index contributed by atoms with van der Waals surface area (Å²) >= 11 is 0. The Labute approximate surface area is 108 Å². The Morgan fingerprint density at radius 3 is 1.48 bits per heavy atom. The molecule has 0 aromatic heterocycles. The van der Waals surface area contributed by atoms with Crippen LogP contribution in [0.2, 0.25) is 0 Å². The number of aliphatic imine (C=N–C) groups is 1. The fourth-order valence-electron chi connectivity index (χ4n) is 1.23. The molecular weight excluding hydrogens is 333 g/mol. The zero-order valence-corrected chi connectivity index (χ0v) is 9.34. The maximum Gasteiger partial charge on any atom is 0.470 e. The molecule has 0 saturated carbocycles. The first-order valence-electron chi connectivity index (χ1n) is 4.76. The van der Waals surface area contributed by atoms with Gasteiger partial charge in [0.25, 0.3) is 0 Å². The highest BCUT2D eigenvalue weighted by Crippen LogP contribution is 2.56. The third-order valence-electron chi connectivity index (χ3n) is 2.46. The van der Waals surface area contributed by atoms with E-state index in [9.17, 15) is 48.3 Å². The molecular formula is C8H4F11N2+. The molecule has 1 aliphatic rings. The van der Waals surface area contributed by atoms with Crippen LogP contribution in [0.25, 0.3) is 0 Å². The van der Waals surface area contributed by atoms with Gasteiger partial charge in [0.1, 0.15) is 6.20 Å². The first kappa shape index (κ1) is 17.7. The Balaban J connectivity index is 3.33. The van der Waals surface area contributed by atoms with Crippen molar-refractivity contribution in [2.45, 2.75) is 30.0 Å². The molecule has 0 aromatic rings. The summed E-state index contributed by atoms with van der Waals surface area (Å²) in [5, 5.41) is 0. The number of quaternary nitrogens is 1. The molecule has 0 aliphatic carbocycles. The summed E-state index contributed by atoms with van der Waals surface area (Å²) in [6, 6.07) is -6.00. The lowest BCUT2D eigenvalue weighted by Gasteiger charge is -2.36. The van der Waals surface area contributed by atoms with Crippen molar-refractivity contribution in [3.63, 3.8) is 0 Å². The van der Waals surface area contributed by atoms with Crippen molar-refractivity contribution >= 4 is 6.34 Å². The highest BCUT2D eigenvalue weighted by Gasteiger charge is 2.90. The Morgan fingerprint density at radius 1 is 0.667 bits per heavy atom. The quantitative estimate of drug-likeness (QED) is 0.600. The van der Waals surface area contributed by atoms with E-state index in [1.165, 1.54) is 0 Å². The number of halogens is 11. The van der Waals surface area contributed by atoms with E-state index in [1.807, 2.05) is 0 Å². The van der Waals surface area contributed by atoms with Gasteiger partial charge < -0.3 is 0 Å². The number of alkyl halides is 11. The lowest BCUT2D eigenvalue weighted by atomic mass is 10.0. The Bertz CT molecular complexity index is 449. The van der Waals surface area contributed by atoms with Crippen molar-refractivity contribution in [1.29, 1.82) is 0 Å². The summed E-state index contributed by atoms with van der Waals surface area (Å²) in [7, 11) is 0. The molecule has 0 fully saturated rings. The van der Waals surface area contributed by atoms with Gasteiger partial charge in [-0.3, -0.25) is 0 Å². The maximum atomic E-state index is 13.2. The van der Waals surface area contributed by atoms with E-state index in [0.29, 0.717) is 6.20 Å². The number of nitrogens with zero attached hydrogens (tertiary/aromatic N) is 1. The van der Waals surface area contributed by atoms with Gasteiger partial charge in [0, 0.05) is 0 Å². The minimum atomic E-state index is -7.39. The smallest absolute Gasteiger partial charge is 0.206 e. The fourth-order valence-corrected chi connectivity index (χ4v) is 1.23. The summed E-state index contributed by atoms with van der Waals surface area (Å²) in [5.74, 6) is -21.8. The van der Waals surface area contributed by atoms with Crippen LogP contribution >= 0.6 is 0 Å². The minimum Gasteiger partial charge on any atom is -0.206 e. The number of nitrogens with one attached hydrogen (secondary N) is 1. The maximum absolute atomic E-state index is 13.2. The summed E-state index contributed by atoms with van der Waals surface area (Å²) < 4.78 is 138. The molecule has 2 nitrogen and oxygen atoms in total. The van der Waals surface area contributed by atoms with Crippen LogP contribution in [0.15, 0.2) is 17.4 Å². The molecule has 13 heteroatoms. The summed E-state index contributed by atoms with van der Waals surface area (Å²) in [6.45, 7) is 0. The van der Waals surface area contributed by atoms with E-state index in [2.05, 4.69) is 4.99 Å².